The topological polar surface area (TPSA) is 52.0 Å². The molecule has 0 aliphatic heterocycles. The highest BCUT2D eigenvalue weighted by molar-refractivity contribution is 4.81. The van der Waals surface area contributed by atoms with Crippen LogP contribution in [0.1, 0.15) is 32.0 Å². The summed E-state index contributed by atoms with van der Waals surface area (Å²) in [5, 5.41) is 7.32. The molecule has 1 aromatic heterocycles. The van der Waals surface area contributed by atoms with Gasteiger partial charge in [0.05, 0.1) is 6.54 Å². The smallest absolute Gasteiger partial charge is 0.140 e. The van der Waals surface area contributed by atoms with Crippen LogP contribution in [0.15, 0.2) is 6.33 Å². The molecule has 1 heterocycles. The second-order valence-electron chi connectivity index (χ2n) is 3.80. The van der Waals surface area contributed by atoms with Crippen molar-refractivity contribution in [1.29, 1.82) is 0 Å². The first-order valence-corrected chi connectivity index (χ1v) is 5.96. The van der Waals surface area contributed by atoms with Crippen LogP contribution in [0.2, 0.25) is 0 Å². The molecule has 5 heteroatoms. The van der Waals surface area contributed by atoms with Crippen LogP contribution in [0.25, 0.3) is 0 Å². The van der Waals surface area contributed by atoms with Gasteiger partial charge < -0.3 is 10.1 Å². The van der Waals surface area contributed by atoms with Crippen molar-refractivity contribution in [1.82, 2.24) is 20.1 Å². The summed E-state index contributed by atoms with van der Waals surface area (Å²) in [6, 6.07) is 0. The van der Waals surface area contributed by atoms with Crippen LogP contribution in [-0.4, -0.2) is 34.5 Å². The summed E-state index contributed by atoms with van der Waals surface area (Å²) in [7, 11) is 1.90. The molecular formula is C11H22N4O. The van der Waals surface area contributed by atoms with Gasteiger partial charge in [0.25, 0.3) is 0 Å². The molecule has 0 fully saturated rings. The average molecular weight is 226 g/mol. The molecule has 0 amide bonds. The molecular weight excluding hydrogens is 204 g/mol. The summed E-state index contributed by atoms with van der Waals surface area (Å²) in [5.41, 5.74) is 0. The summed E-state index contributed by atoms with van der Waals surface area (Å²) in [6.45, 7) is 5.63. The highest BCUT2D eigenvalue weighted by Gasteiger charge is 1.98. The van der Waals surface area contributed by atoms with Crippen LogP contribution in [0, 0.1) is 0 Å². The van der Waals surface area contributed by atoms with Crippen LogP contribution < -0.4 is 5.32 Å². The van der Waals surface area contributed by atoms with E-state index in [0.717, 1.165) is 45.0 Å². The van der Waals surface area contributed by atoms with Gasteiger partial charge in [0.1, 0.15) is 12.2 Å². The fourth-order valence-corrected chi connectivity index (χ4v) is 1.33. The van der Waals surface area contributed by atoms with E-state index in [4.69, 9.17) is 4.74 Å². The first-order chi connectivity index (χ1) is 7.84. The van der Waals surface area contributed by atoms with E-state index in [0.29, 0.717) is 0 Å². The molecule has 0 radical (unpaired) electrons. The number of aryl methyl sites for hydroxylation is 1. The Morgan fingerprint density at radius 1 is 1.38 bits per heavy atom. The monoisotopic (exact) mass is 226 g/mol. The van der Waals surface area contributed by atoms with Gasteiger partial charge in [0, 0.05) is 20.3 Å². The number of hydrogen-bond donors (Lipinski definition) is 1. The number of aromatic nitrogens is 3. The third kappa shape index (κ3) is 5.23. The number of unbranched alkanes of at least 4 members (excludes halogenated alkanes) is 1. The minimum atomic E-state index is 0.769. The highest BCUT2D eigenvalue weighted by Crippen LogP contribution is 1.91. The molecule has 0 bridgehead atoms. The molecule has 0 spiro atoms. The van der Waals surface area contributed by atoms with Gasteiger partial charge in [-0.2, -0.15) is 5.10 Å². The molecule has 0 saturated carbocycles. The van der Waals surface area contributed by atoms with E-state index in [1.54, 1.807) is 11.0 Å². The lowest BCUT2D eigenvalue weighted by Gasteiger charge is -2.05. The maximum atomic E-state index is 5.46. The molecule has 0 unspecified atom stereocenters. The Kier molecular flexibility index (Phi) is 6.76. The zero-order valence-corrected chi connectivity index (χ0v) is 10.3. The molecule has 1 rings (SSSR count). The van der Waals surface area contributed by atoms with Gasteiger partial charge in [0.15, 0.2) is 0 Å². The Bertz CT molecular complexity index is 275. The highest BCUT2D eigenvalue weighted by atomic mass is 16.5. The second-order valence-corrected chi connectivity index (χ2v) is 3.80. The summed E-state index contributed by atoms with van der Waals surface area (Å²) < 4.78 is 7.24. The molecule has 92 valence electrons. The third-order valence-corrected chi connectivity index (χ3v) is 2.37. The maximum absolute atomic E-state index is 5.46. The summed E-state index contributed by atoms with van der Waals surface area (Å²) in [4.78, 5) is 4.13. The minimum Gasteiger partial charge on any atom is -0.381 e. The Morgan fingerprint density at radius 2 is 2.19 bits per heavy atom. The van der Waals surface area contributed by atoms with Crippen molar-refractivity contribution in [2.75, 3.05) is 19.8 Å². The number of nitrogens with one attached hydrogen (secondary N) is 1. The second kappa shape index (κ2) is 8.24. The van der Waals surface area contributed by atoms with Crippen LogP contribution >= 0.6 is 0 Å². The van der Waals surface area contributed by atoms with E-state index >= 15 is 0 Å². The fraction of sp³-hybridized carbons (Fsp3) is 0.818. The van der Waals surface area contributed by atoms with Crippen LogP contribution in [0.3, 0.4) is 0 Å². The van der Waals surface area contributed by atoms with E-state index in [1.165, 1.54) is 6.42 Å². The zero-order chi connectivity index (χ0) is 11.6. The van der Waals surface area contributed by atoms with Crippen molar-refractivity contribution in [3.05, 3.63) is 12.2 Å². The van der Waals surface area contributed by atoms with E-state index in [1.807, 2.05) is 7.05 Å². The Hall–Kier alpha value is -0.940. The fourth-order valence-electron chi connectivity index (χ4n) is 1.33. The average Bonchev–Trinajstić information content (AvgIpc) is 2.68. The van der Waals surface area contributed by atoms with Gasteiger partial charge in [-0.05, 0) is 19.4 Å². The molecule has 5 nitrogen and oxygen atoms in total. The van der Waals surface area contributed by atoms with Crippen molar-refractivity contribution >= 4 is 0 Å². The van der Waals surface area contributed by atoms with E-state index in [2.05, 4.69) is 22.3 Å². The van der Waals surface area contributed by atoms with Crippen LogP contribution in [0.5, 0.6) is 0 Å². The molecule has 1 N–H and O–H groups in total. The molecule has 0 atom stereocenters. The molecule has 0 saturated heterocycles. The molecule has 0 aliphatic carbocycles. The SMILES string of the molecule is CCCCOCCCNCc1ncnn1C. The molecule has 1 aromatic rings. The predicted molar refractivity (Wildman–Crippen MR) is 63.1 cm³/mol. The quantitative estimate of drug-likeness (QED) is 0.641. The van der Waals surface area contributed by atoms with Gasteiger partial charge >= 0.3 is 0 Å². The Morgan fingerprint density at radius 3 is 2.88 bits per heavy atom. The molecule has 16 heavy (non-hydrogen) atoms. The summed E-state index contributed by atoms with van der Waals surface area (Å²) >= 11 is 0. The zero-order valence-electron chi connectivity index (χ0n) is 10.3. The van der Waals surface area contributed by atoms with Crippen molar-refractivity contribution < 1.29 is 4.74 Å². The van der Waals surface area contributed by atoms with E-state index in [9.17, 15) is 0 Å². The third-order valence-electron chi connectivity index (χ3n) is 2.37. The summed E-state index contributed by atoms with van der Waals surface area (Å²) in [6.07, 6.45) is 4.98. The first-order valence-electron chi connectivity index (χ1n) is 5.96. The Balaban J connectivity index is 1.91. The van der Waals surface area contributed by atoms with Gasteiger partial charge in [-0.15, -0.1) is 0 Å². The van der Waals surface area contributed by atoms with Crippen molar-refractivity contribution in [3.8, 4) is 0 Å². The van der Waals surface area contributed by atoms with Gasteiger partial charge in [-0.3, -0.25) is 4.68 Å². The largest absolute Gasteiger partial charge is 0.381 e. The van der Waals surface area contributed by atoms with Crippen molar-refractivity contribution in [2.45, 2.75) is 32.7 Å². The lowest BCUT2D eigenvalue weighted by molar-refractivity contribution is 0.128. The number of rotatable bonds is 9. The van der Waals surface area contributed by atoms with Crippen LogP contribution in [-0.2, 0) is 18.3 Å². The number of hydrogen-bond acceptors (Lipinski definition) is 4. The molecule has 0 aliphatic rings. The van der Waals surface area contributed by atoms with Crippen molar-refractivity contribution in [3.63, 3.8) is 0 Å². The van der Waals surface area contributed by atoms with E-state index in [-0.39, 0.29) is 0 Å². The lowest BCUT2D eigenvalue weighted by Crippen LogP contribution is -2.19. The van der Waals surface area contributed by atoms with Gasteiger partial charge in [-0.25, -0.2) is 4.98 Å². The predicted octanol–water partition coefficient (Wildman–Crippen LogP) is 1.11. The Labute approximate surface area is 97.2 Å². The number of nitrogens with zero attached hydrogens (tertiary/aromatic N) is 3. The summed E-state index contributed by atoms with van der Waals surface area (Å²) in [5.74, 6) is 0.965. The van der Waals surface area contributed by atoms with Crippen LogP contribution in [0.4, 0.5) is 0 Å². The normalized spacial score (nSPS) is 10.9. The number of ether oxygens (including phenoxy) is 1. The van der Waals surface area contributed by atoms with E-state index < -0.39 is 0 Å². The first kappa shape index (κ1) is 13.1. The van der Waals surface area contributed by atoms with Crippen molar-refractivity contribution in [2.24, 2.45) is 7.05 Å². The minimum absolute atomic E-state index is 0.769. The van der Waals surface area contributed by atoms with Gasteiger partial charge in [-0.1, -0.05) is 13.3 Å². The standard InChI is InChI=1S/C11H22N4O/c1-3-4-7-16-8-5-6-12-9-11-13-10-14-15(11)2/h10,12H,3-9H2,1-2H3. The maximum Gasteiger partial charge on any atom is 0.140 e. The lowest BCUT2D eigenvalue weighted by atomic mass is 10.3. The molecule has 0 aromatic carbocycles. The van der Waals surface area contributed by atoms with Gasteiger partial charge in [0.2, 0.25) is 0 Å².